The lowest BCUT2D eigenvalue weighted by molar-refractivity contribution is -0.136. The van der Waals surface area contributed by atoms with Crippen LogP contribution in [0.2, 0.25) is 4.34 Å². The van der Waals surface area contributed by atoms with Gasteiger partial charge in [-0.15, -0.1) is 11.3 Å². The number of hydrogen-bond acceptors (Lipinski definition) is 6. The van der Waals surface area contributed by atoms with E-state index < -0.39 is 11.4 Å². The Morgan fingerprint density at radius 3 is 2.74 bits per heavy atom. The van der Waals surface area contributed by atoms with Crippen molar-refractivity contribution in [2.24, 2.45) is 0 Å². The van der Waals surface area contributed by atoms with Crippen LogP contribution in [-0.2, 0) is 4.79 Å². The van der Waals surface area contributed by atoms with E-state index in [0.717, 1.165) is 4.88 Å². The van der Waals surface area contributed by atoms with Gasteiger partial charge in [0.2, 0.25) is 5.43 Å². The summed E-state index contributed by atoms with van der Waals surface area (Å²) < 4.78 is 1.80. The number of carbonyl (C=O) groups is 1. The van der Waals surface area contributed by atoms with Crippen LogP contribution >= 0.6 is 22.9 Å². The Bertz CT molecular complexity index is 1010. The maximum absolute atomic E-state index is 12.4. The molecule has 3 rings (SSSR count). The van der Waals surface area contributed by atoms with Crippen molar-refractivity contribution in [1.82, 2.24) is 14.6 Å². The fraction of sp³-hybridized carbons (Fsp3) is 0.143. The molecule has 7 nitrogen and oxygen atoms in total. The van der Waals surface area contributed by atoms with Gasteiger partial charge < -0.3 is 10.2 Å². The molecule has 3 heterocycles. The van der Waals surface area contributed by atoms with E-state index in [1.165, 1.54) is 28.2 Å². The van der Waals surface area contributed by atoms with E-state index in [1.807, 2.05) is 0 Å². The molecule has 9 heteroatoms. The molecule has 3 aromatic heterocycles. The molecule has 0 bridgehead atoms. The second kappa shape index (κ2) is 5.98. The highest BCUT2D eigenvalue weighted by molar-refractivity contribution is 7.19. The fourth-order valence-corrected chi connectivity index (χ4v) is 3.26. The summed E-state index contributed by atoms with van der Waals surface area (Å²) in [5, 5.41) is 22.7. The maximum Gasteiger partial charge on any atom is 0.303 e. The minimum atomic E-state index is -1.07. The van der Waals surface area contributed by atoms with Crippen LogP contribution < -0.4 is 10.8 Å². The van der Waals surface area contributed by atoms with E-state index in [0.29, 0.717) is 15.5 Å². The van der Waals surface area contributed by atoms with Crippen molar-refractivity contribution in [3.8, 4) is 10.4 Å². The molecule has 0 fully saturated rings. The van der Waals surface area contributed by atoms with Gasteiger partial charge in [0.1, 0.15) is 12.1 Å². The number of halogens is 1. The summed E-state index contributed by atoms with van der Waals surface area (Å²) in [7, 11) is 0. The van der Waals surface area contributed by atoms with Crippen molar-refractivity contribution in [3.05, 3.63) is 44.4 Å². The lowest BCUT2D eigenvalue weighted by Gasteiger charge is -2.03. The van der Waals surface area contributed by atoms with E-state index in [4.69, 9.17) is 16.7 Å². The number of carboxylic acids is 1. The molecule has 23 heavy (non-hydrogen) atoms. The van der Waals surface area contributed by atoms with Crippen molar-refractivity contribution in [3.63, 3.8) is 0 Å². The minimum Gasteiger partial charge on any atom is -0.510 e. The van der Waals surface area contributed by atoms with Crippen molar-refractivity contribution < 1.29 is 15.0 Å². The number of aliphatic hydroxyl groups is 1. The van der Waals surface area contributed by atoms with E-state index >= 15 is 0 Å². The predicted octanol–water partition coefficient (Wildman–Crippen LogP) is 1.72. The van der Waals surface area contributed by atoms with Crippen molar-refractivity contribution in [1.29, 1.82) is 0 Å². The van der Waals surface area contributed by atoms with Crippen LogP contribution in [0.4, 0.5) is 0 Å². The van der Waals surface area contributed by atoms with Crippen LogP contribution in [0.1, 0.15) is 12.8 Å². The lowest BCUT2D eigenvalue weighted by Crippen LogP contribution is -2.34. The van der Waals surface area contributed by atoms with E-state index in [9.17, 15) is 14.7 Å². The molecule has 0 aromatic carbocycles. The molecule has 2 N–H and O–H groups in total. The molecule has 3 aromatic rings. The SMILES string of the molecule is O=C(O)CCC(O)=c1c(=O)cc(-c2ccc(Cl)s2)c2ncnn12. The van der Waals surface area contributed by atoms with Crippen molar-refractivity contribution >= 4 is 40.3 Å². The zero-order chi connectivity index (χ0) is 16.6. The van der Waals surface area contributed by atoms with Crippen molar-refractivity contribution in [2.45, 2.75) is 12.8 Å². The summed E-state index contributed by atoms with van der Waals surface area (Å²) in [6.45, 7) is 0. The summed E-state index contributed by atoms with van der Waals surface area (Å²) in [5.74, 6) is -1.40. The summed E-state index contributed by atoms with van der Waals surface area (Å²) in [5.41, 5.74) is 0.476. The molecule has 118 valence electrons. The van der Waals surface area contributed by atoms with Crippen LogP contribution in [0.5, 0.6) is 0 Å². The molecule has 0 saturated heterocycles. The maximum atomic E-state index is 12.4. The first-order valence-electron chi connectivity index (χ1n) is 6.54. The number of thiophene rings is 1. The van der Waals surface area contributed by atoms with E-state index in [-0.39, 0.29) is 23.9 Å². The number of rotatable bonds is 4. The number of fused-ring (bicyclic) bond motifs is 1. The average Bonchev–Trinajstić information content (AvgIpc) is 3.12. The van der Waals surface area contributed by atoms with Crippen LogP contribution in [0.15, 0.2) is 29.3 Å². The number of pyridine rings is 1. The van der Waals surface area contributed by atoms with Crippen molar-refractivity contribution in [2.75, 3.05) is 0 Å². The van der Waals surface area contributed by atoms with Gasteiger partial charge >= 0.3 is 5.97 Å². The Labute approximate surface area is 138 Å². The number of hydrogen-bond donors (Lipinski definition) is 2. The van der Waals surface area contributed by atoms with Crippen LogP contribution in [0, 0.1) is 0 Å². The highest BCUT2D eigenvalue weighted by Crippen LogP contribution is 2.31. The zero-order valence-electron chi connectivity index (χ0n) is 11.6. The zero-order valence-corrected chi connectivity index (χ0v) is 13.1. The summed E-state index contributed by atoms with van der Waals surface area (Å²) in [6.07, 6.45) is 0.814. The largest absolute Gasteiger partial charge is 0.510 e. The standard InChI is InChI=1S/C14H10ClN3O4S/c15-11-3-2-10(23-11)7-5-9(20)13(8(19)1-4-12(21)22)18-14(7)16-6-17-18/h2-3,5-6,19H,1,4H2,(H,21,22). The molecule has 0 saturated carbocycles. The Balaban J connectivity index is 2.25. The first kappa shape index (κ1) is 15.4. The molecular formula is C14H10ClN3O4S. The topological polar surface area (TPSA) is 105 Å². The predicted molar refractivity (Wildman–Crippen MR) is 85.7 cm³/mol. The van der Waals surface area contributed by atoms with Crippen LogP contribution in [0.25, 0.3) is 21.8 Å². The number of nitrogens with zero attached hydrogens (tertiary/aromatic N) is 3. The minimum absolute atomic E-state index is 0.0786. The van der Waals surface area contributed by atoms with Gasteiger partial charge in [-0.05, 0) is 12.1 Å². The number of aromatic nitrogens is 3. The van der Waals surface area contributed by atoms with Gasteiger partial charge in [0.05, 0.1) is 10.8 Å². The molecule has 0 radical (unpaired) electrons. The number of aliphatic carboxylic acids is 1. The second-order valence-corrected chi connectivity index (χ2v) is 6.43. The molecule has 0 aliphatic heterocycles. The van der Waals surface area contributed by atoms with Gasteiger partial charge in [-0.3, -0.25) is 9.59 Å². The van der Waals surface area contributed by atoms with Gasteiger partial charge in [0.15, 0.2) is 11.0 Å². The highest BCUT2D eigenvalue weighted by atomic mass is 35.5. The first-order valence-corrected chi connectivity index (χ1v) is 7.73. The fourth-order valence-electron chi connectivity index (χ4n) is 2.21. The Morgan fingerprint density at radius 2 is 2.09 bits per heavy atom. The molecule has 0 atom stereocenters. The quantitative estimate of drug-likeness (QED) is 0.741. The van der Waals surface area contributed by atoms with Gasteiger partial charge in [0, 0.05) is 22.9 Å². The van der Waals surface area contributed by atoms with E-state index in [1.54, 1.807) is 12.1 Å². The summed E-state index contributed by atoms with van der Waals surface area (Å²) in [6, 6.07) is 4.83. The molecule has 0 spiro atoms. The Kier molecular flexibility index (Phi) is 4.01. The summed E-state index contributed by atoms with van der Waals surface area (Å²) >= 11 is 7.22. The third-order valence-electron chi connectivity index (χ3n) is 3.20. The normalized spacial score (nSPS) is 12.6. The van der Waals surface area contributed by atoms with E-state index in [2.05, 4.69) is 10.1 Å². The number of aliphatic hydroxyl groups excluding tert-OH is 1. The monoisotopic (exact) mass is 351 g/mol. The first-order chi connectivity index (χ1) is 11.0. The molecule has 0 aliphatic rings. The summed E-state index contributed by atoms with van der Waals surface area (Å²) in [4.78, 5) is 27.9. The second-order valence-electron chi connectivity index (χ2n) is 4.71. The molecular weight excluding hydrogens is 342 g/mol. The third-order valence-corrected chi connectivity index (χ3v) is 4.46. The molecule has 0 amide bonds. The van der Waals surface area contributed by atoms with Gasteiger partial charge in [-0.1, -0.05) is 11.6 Å². The average molecular weight is 352 g/mol. The highest BCUT2D eigenvalue weighted by Gasteiger charge is 2.14. The Hall–Kier alpha value is -2.45. The van der Waals surface area contributed by atoms with Crippen LogP contribution in [0.3, 0.4) is 0 Å². The smallest absolute Gasteiger partial charge is 0.303 e. The number of carboxylic acid groups (broad SMARTS) is 1. The molecule has 0 aliphatic carbocycles. The van der Waals surface area contributed by atoms with Gasteiger partial charge in [-0.2, -0.15) is 5.10 Å². The third kappa shape index (κ3) is 2.90. The molecule has 0 unspecified atom stereocenters. The van der Waals surface area contributed by atoms with Crippen LogP contribution in [-0.4, -0.2) is 30.8 Å². The van der Waals surface area contributed by atoms with Gasteiger partial charge in [0.25, 0.3) is 0 Å². The Morgan fingerprint density at radius 1 is 1.30 bits per heavy atom. The van der Waals surface area contributed by atoms with Gasteiger partial charge in [-0.25, -0.2) is 9.50 Å². The lowest BCUT2D eigenvalue weighted by atomic mass is 10.2.